The van der Waals surface area contributed by atoms with Gasteiger partial charge in [-0.25, -0.2) is 9.37 Å². The van der Waals surface area contributed by atoms with Crippen LogP contribution < -0.4 is 4.90 Å². The van der Waals surface area contributed by atoms with E-state index in [1.54, 1.807) is 36.8 Å². The molecule has 7 heteroatoms. The maximum absolute atomic E-state index is 15.6. The fourth-order valence-corrected chi connectivity index (χ4v) is 4.96. The summed E-state index contributed by atoms with van der Waals surface area (Å²) in [6.45, 7) is 0.147. The molecular formula is C31H31FN4O2. The van der Waals surface area contributed by atoms with E-state index < -0.39 is 12.3 Å². The van der Waals surface area contributed by atoms with Gasteiger partial charge in [0.15, 0.2) is 5.78 Å². The SMILES string of the molecule is [2H]C(c1ccc(-c2ccc3c(c2)ncn3C)cc1F)N(C(=O)C1CCCCC1)c1cncc(/C=C/C(C)=O)c1. The highest BCUT2D eigenvalue weighted by atomic mass is 19.1. The van der Waals surface area contributed by atoms with Gasteiger partial charge in [0, 0.05) is 24.7 Å². The van der Waals surface area contributed by atoms with Gasteiger partial charge in [-0.05, 0) is 72.9 Å². The number of imidazole rings is 1. The number of fused-ring (bicyclic) bond motifs is 1. The molecule has 0 saturated heterocycles. The molecule has 0 N–H and O–H groups in total. The lowest BCUT2D eigenvalue weighted by atomic mass is 9.88. The molecule has 1 aliphatic carbocycles. The highest BCUT2D eigenvalue weighted by Crippen LogP contribution is 2.31. The molecule has 0 spiro atoms. The third-order valence-electron chi connectivity index (χ3n) is 7.05. The Labute approximate surface area is 223 Å². The molecule has 4 aromatic rings. The second kappa shape index (κ2) is 11.1. The van der Waals surface area contributed by atoms with Crippen LogP contribution in [0.25, 0.3) is 28.2 Å². The van der Waals surface area contributed by atoms with Crippen molar-refractivity contribution in [2.45, 2.75) is 45.5 Å². The number of rotatable bonds is 7. The highest BCUT2D eigenvalue weighted by molar-refractivity contribution is 5.95. The Morgan fingerprint density at radius 3 is 2.63 bits per heavy atom. The van der Waals surface area contributed by atoms with E-state index in [0.717, 1.165) is 48.7 Å². The summed E-state index contributed by atoms with van der Waals surface area (Å²) in [5.41, 5.74) is 4.40. The number of hydrogen-bond donors (Lipinski definition) is 0. The van der Waals surface area contributed by atoms with Crippen LogP contribution in [0.15, 0.2) is 67.3 Å². The van der Waals surface area contributed by atoms with E-state index in [1.807, 2.05) is 29.8 Å². The van der Waals surface area contributed by atoms with Crippen LogP contribution in [0.1, 0.15) is 51.5 Å². The van der Waals surface area contributed by atoms with Crippen LogP contribution in [0, 0.1) is 11.7 Å². The van der Waals surface area contributed by atoms with Crippen LogP contribution in [0.4, 0.5) is 10.1 Å². The number of hydrogen-bond acceptors (Lipinski definition) is 4. The molecule has 1 unspecified atom stereocenters. The highest BCUT2D eigenvalue weighted by Gasteiger charge is 2.28. The van der Waals surface area contributed by atoms with Crippen LogP contribution in [0.5, 0.6) is 0 Å². The molecule has 2 heterocycles. The molecule has 1 amide bonds. The van der Waals surface area contributed by atoms with Gasteiger partial charge in [-0.3, -0.25) is 14.6 Å². The van der Waals surface area contributed by atoms with Crippen LogP contribution >= 0.6 is 0 Å². The van der Waals surface area contributed by atoms with Crippen LogP contribution in [-0.4, -0.2) is 26.2 Å². The van der Waals surface area contributed by atoms with Crippen LogP contribution in [0.2, 0.25) is 0 Å². The molecule has 2 aromatic carbocycles. The Bertz CT molecular complexity index is 1560. The largest absolute Gasteiger partial charge is 0.334 e. The zero-order chi connectivity index (χ0) is 27.5. The molecule has 38 heavy (non-hydrogen) atoms. The summed E-state index contributed by atoms with van der Waals surface area (Å²) in [7, 11) is 1.92. The molecule has 0 radical (unpaired) electrons. The lowest BCUT2D eigenvalue weighted by Crippen LogP contribution is -2.37. The smallest absolute Gasteiger partial charge is 0.230 e. The third kappa shape index (κ3) is 5.57. The van der Waals surface area contributed by atoms with E-state index in [9.17, 15) is 9.59 Å². The van der Waals surface area contributed by atoms with Crippen molar-refractivity contribution in [3.05, 3.63) is 84.2 Å². The number of nitrogens with zero attached hydrogens (tertiary/aromatic N) is 4. The molecule has 1 aliphatic rings. The molecule has 6 nitrogen and oxygen atoms in total. The topological polar surface area (TPSA) is 68.1 Å². The molecule has 1 saturated carbocycles. The predicted octanol–water partition coefficient (Wildman–Crippen LogP) is 6.49. The normalized spacial score (nSPS) is 15.5. The summed E-state index contributed by atoms with van der Waals surface area (Å²) < 4.78 is 26.6. The van der Waals surface area contributed by atoms with Crippen molar-refractivity contribution in [2.24, 2.45) is 13.0 Å². The number of aryl methyl sites for hydroxylation is 1. The van der Waals surface area contributed by atoms with Crippen molar-refractivity contribution in [1.82, 2.24) is 14.5 Å². The number of pyridine rings is 1. The van der Waals surface area contributed by atoms with Gasteiger partial charge in [0.05, 0.1) is 37.1 Å². The molecule has 0 aliphatic heterocycles. The number of carbonyl (C=O) groups is 2. The van der Waals surface area contributed by atoms with Gasteiger partial charge in [0.2, 0.25) is 5.91 Å². The Morgan fingerprint density at radius 2 is 1.87 bits per heavy atom. The maximum Gasteiger partial charge on any atom is 0.230 e. The molecular weight excluding hydrogens is 479 g/mol. The van der Waals surface area contributed by atoms with E-state index in [1.165, 1.54) is 30.2 Å². The molecule has 1 atom stereocenters. The zero-order valence-electron chi connectivity index (χ0n) is 22.6. The summed E-state index contributed by atoms with van der Waals surface area (Å²) >= 11 is 0. The van der Waals surface area contributed by atoms with Gasteiger partial charge in [-0.15, -0.1) is 0 Å². The second-order valence-electron chi connectivity index (χ2n) is 9.89. The van der Waals surface area contributed by atoms with Gasteiger partial charge in [0.25, 0.3) is 0 Å². The van der Waals surface area contributed by atoms with Gasteiger partial charge >= 0.3 is 0 Å². The average Bonchev–Trinajstić information content (AvgIpc) is 3.32. The fourth-order valence-electron chi connectivity index (χ4n) is 4.96. The molecule has 2 aromatic heterocycles. The first kappa shape index (κ1) is 24.2. The van der Waals surface area contributed by atoms with E-state index in [2.05, 4.69) is 9.97 Å². The summed E-state index contributed by atoms with van der Waals surface area (Å²) in [6, 6.07) is 12.3. The summed E-state index contributed by atoms with van der Waals surface area (Å²) in [5, 5.41) is 0. The first-order valence-corrected chi connectivity index (χ1v) is 12.9. The molecule has 194 valence electrons. The minimum Gasteiger partial charge on any atom is -0.334 e. The summed E-state index contributed by atoms with van der Waals surface area (Å²) in [4.78, 5) is 35.2. The standard InChI is InChI=1S/C31H31FN4O2/c1-21(37)8-9-22-14-27(18-33-17-22)36(31(38)23-6-4-3-5-7-23)19-26-11-10-24(15-28(26)32)25-12-13-30-29(16-25)34-20-35(30)2/h8-18,20,23H,3-7,19H2,1-2H3/b9-8+/i19D. The van der Waals surface area contributed by atoms with Crippen LogP contribution in [-0.2, 0) is 23.2 Å². The number of amides is 1. The Balaban J connectivity index is 1.50. The minimum absolute atomic E-state index is 0.103. The Morgan fingerprint density at radius 1 is 1.11 bits per heavy atom. The van der Waals surface area contributed by atoms with Crippen molar-refractivity contribution in [1.29, 1.82) is 0 Å². The molecule has 1 fully saturated rings. The van der Waals surface area contributed by atoms with E-state index in [-0.39, 0.29) is 23.2 Å². The molecule has 0 bridgehead atoms. The van der Waals surface area contributed by atoms with Gasteiger partial charge < -0.3 is 9.47 Å². The van der Waals surface area contributed by atoms with Crippen LogP contribution in [0.3, 0.4) is 0 Å². The van der Waals surface area contributed by atoms with E-state index in [4.69, 9.17) is 1.37 Å². The number of ketones is 1. The Kier molecular flexibility index (Phi) is 7.07. The number of halogens is 1. The predicted molar refractivity (Wildman–Crippen MR) is 148 cm³/mol. The lowest BCUT2D eigenvalue weighted by molar-refractivity contribution is -0.123. The van der Waals surface area contributed by atoms with E-state index in [0.29, 0.717) is 16.8 Å². The van der Waals surface area contributed by atoms with Gasteiger partial charge in [-0.2, -0.15) is 0 Å². The number of benzene rings is 2. The number of allylic oxidation sites excluding steroid dienone is 1. The first-order valence-electron chi connectivity index (χ1n) is 13.5. The summed E-state index contributed by atoms with van der Waals surface area (Å²) in [6.07, 6.45) is 12.4. The zero-order valence-corrected chi connectivity index (χ0v) is 21.6. The van der Waals surface area contributed by atoms with Crippen molar-refractivity contribution in [3.8, 4) is 11.1 Å². The quantitative estimate of drug-likeness (QED) is 0.266. The monoisotopic (exact) mass is 511 g/mol. The van der Waals surface area contributed by atoms with E-state index >= 15 is 4.39 Å². The summed E-state index contributed by atoms with van der Waals surface area (Å²) in [5.74, 6) is -1.10. The number of carbonyl (C=O) groups excluding carboxylic acids is 2. The number of anilines is 1. The van der Waals surface area contributed by atoms with Crippen molar-refractivity contribution >= 4 is 34.5 Å². The molecule has 5 rings (SSSR count). The van der Waals surface area contributed by atoms with Crippen molar-refractivity contribution in [2.75, 3.05) is 4.90 Å². The lowest BCUT2D eigenvalue weighted by Gasteiger charge is -2.29. The van der Waals surface area contributed by atoms with Crippen molar-refractivity contribution in [3.63, 3.8) is 0 Å². The number of aromatic nitrogens is 3. The maximum atomic E-state index is 15.6. The third-order valence-corrected chi connectivity index (χ3v) is 7.05. The average molecular weight is 512 g/mol. The van der Waals surface area contributed by atoms with Gasteiger partial charge in [0.1, 0.15) is 5.82 Å². The Hall–Kier alpha value is -4.13. The minimum atomic E-state index is -1.31. The van der Waals surface area contributed by atoms with Gasteiger partial charge in [-0.1, -0.05) is 37.5 Å². The van der Waals surface area contributed by atoms with Crippen molar-refractivity contribution < 1.29 is 15.4 Å². The first-order chi connectivity index (χ1) is 18.8. The second-order valence-corrected chi connectivity index (χ2v) is 9.89. The fraction of sp³-hybridized carbons (Fsp3) is 0.290.